The Morgan fingerprint density at radius 2 is 1.93 bits per heavy atom. The summed E-state index contributed by atoms with van der Waals surface area (Å²) in [6.07, 6.45) is 5.68. The Labute approximate surface area is 185 Å². The van der Waals surface area contributed by atoms with Crippen LogP contribution in [0.15, 0.2) is 18.2 Å². The van der Waals surface area contributed by atoms with Crippen molar-refractivity contribution in [2.45, 2.75) is 59.8 Å². The van der Waals surface area contributed by atoms with E-state index in [-0.39, 0.29) is 12.4 Å². The molecule has 5 nitrogen and oxygen atoms in total. The first-order valence-corrected chi connectivity index (χ1v) is 10.9. The summed E-state index contributed by atoms with van der Waals surface area (Å²) in [5, 5.41) is 8.70. The van der Waals surface area contributed by atoms with Crippen molar-refractivity contribution >= 4 is 23.9 Å². The summed E-state index contributed by atoms with van der Waals surface area (Å²) in [5.41, 5.74) is 8.04. The van der Waals surface area contributed by atoms with Crippen LogP contribution >= 0.6 is 12.4 Å². The molecule has 0 spiro atoms. The van der Waals surface area contributed by atoms with Crippen LogP contribution in [-0.4, -0.2) is 28.3 Å². The third-order valence-electron chi connectivity index (χ3n) is 6.38. The second-order valence-electron chi connectivity index (χ2n) is 8.18. The normalized spacial score (nSPS) is 12.9. The fraction of sp³-hybridized carbons (Fsp3) is 0.500. The Morgan fingerprint density at radius 3 is 2.60 bits per heavy atom. The monoisotopic (exact) mass is 428 g/mol. The van der Waals surface area contributed by atoms with Gasteiger partial charge in [-0.15, -0.1) is 12.4 Å². The second-order valence-corrected chi connectivity index (χ2v) is 8.18. The number of halogens is 1. The van der Waals surface area contributed by atoms with E-state index in [2.05, 4.69) is 49.7 Å². The van der Waals surface area contributed by atoms with Crippen molar-refractivity contribution in [3.05, 3.63) is 40.7 Å². The predicted molar refractivity (Wildman–Crippen MR) is 126 cm³/mol. The number of aromatic nitrogens is 3. The zero-order chi connectivity index (χ0) is 20.5. The Morgan fingerprint density at radius 1 is 1.17 bits per heavy atom. The average Bonchev–Trinajstić information content (AvgIpc) is 3.31. The topological polar surface area (TPSA) is 51.5 Å². The predicted octanol–water partition coefficient (Wildman–Crippen LogP) is 5.78. The smallest absolute Gasteiger partial charge is 0.165 e. The van der Waals surface area contributed by atoms with Crippen LogP contribution in [0.3, 0.4) is 0 Å². The lowest BCUT2D eigenvalue weighted by Gasteiger charge is -2.17. The van der Waals surface area contributed by atoms with Crippen molar-refractivity contribution in [2.24, 2.45) is 5.92 Å². The van der Waals surface area contributed by atoms with Crippen LogP contribution in [0.25, 0.3) is 16.8 Å². The summed E-state index contributed by atoms with van der Waals surface area (Å²) in [4.78, 5) is 5.09. The Bertz CT molecular complexity index is 1040. The van der Waals surface area contributed by atoms with Gasteiger partial charge in [0.15, 0.2) is 5.65 Å². The van der Waals surface area contributed by atoms with Gasteiger partial charge in [0, 0.05) is 23.4 Å². The maximum absolute atomic E-state index is 5.39. The number of nitrogens with one attached hydrogen (secondary N) is 1. The first-order valence-electron chi connectivity index (χ1n) is 10.9. The number of methoxy groups -OCH3 is 1. The average molecular weight is 429 g/mol. The Balaban J connectivity index is 0.00000256. The number of nitrogens with zero attached hydrogens (tertiary/aromatic N) is 3. The summed E-state index contributed by atoms with van der Waals surface area (Å²) in [6.45, 7) is 9.73. The van der Waals surface area contributed by atoms with Crippen LogP contribution in [0.1, 0.15) is 55.6 Å². The van der Waals surface area contributed by atoms with Crippen LogP contribution in [0.4, 0.5) is 5.82 Å². The third kappa shape index (κ3) is 3.87. The number of fused-ring (bicyclic) bond motifs is 2. The van der Waals surface area contributed by atoms with E-state index in [1.54, 1.807) is 7.11 Å². The molecule has 1 aliphatic carbocycles. The van der Waals surface area contributed by atoms with Crippen molar-refractivity contribution in [2.75, 3.05) is 19.0 Å². The van der Waals surface area contributed by atoms with Gasteiger partial charge in [0.05, 0.1) is 12.8 Å². The molecule has 0 bridgehead atoms. The molecular formula is C24H33ClN4O. The van der Waals surface area contributed by atoms with Crippen LogP contribution in [0.2, 0.25) is 0 Å². The molecule has 6 heteroatoms. The van der Waals surface area contributed by atoms with E-state index >= 15 is 0 Å². The van der Waals surface area contributed by atoms with Crippen LogP contribution < -0.4 is 10.1 Å². The molecule has 3 aromatic rings. The molecule has 30 heavy (non-hydrogen) atoms. The minimum absolute atomic E-state index is 0. The number of hydrogen-bond donors (Lipinski definition) is 1. The fourth-order valence-electron chi connectivity index (χ4n) is 4.50. The molecule has 0 saturated carbocycles. The highest BCUT2D eigenvalue weighted by molar-refractivity contribution is 5.85. The highest BCUT2D eigenvalue weighted by Gasteiger charge is 2.25. The van der Waals surface area contributed by atoms with Crippen molar-refractivity contribution in [3.8, 4) is 16.9 Å². The van der Waals surface area contributed by atoms with E-state index in [1.165, 1.54) is 41.6 Å². The molecule has 1 aromatic carbocycles. The van der Waals surface area contributed by atoms with E-state index in [4.69, 9.17) is 14.8 Å². The quantitative estimate of drug-likeness (QED) is 0.518. The number of aryl methyl sites for hydroxylation is 3. The zero-order valence-corrected chi connectivity index (χ0v) is 19.5. The standard InChI is InChI=1S/C24H32N4O.ClH/c1-6-17(7-2)14-25-23-20-9-8-10-21(20)26-24-22(16(4)27-28(23)24)19-12-11-18(29-5)13-15(19)3;/h11-13,17,25H,6-10,14H2,1-5H3;1H. The SMILES string of the molecule is CCC(CC)CNc1c2c(nc3c(-c4ccc(OC)cc4C)c(C)nn13)CCC2.Cl. The largest absolute Gasteiger partial charge is 0.497 e. The highest BCUT2D eigenvalue weighted by atomic mass is 35.5. The molecule has 0 aliphatic heterocycles. The van der Waals surface area contributed by atoms with Gasteiger partial charge < -0.3 is 10.1 Å². The molecule has 0 saturated heterocycles. The molecular weight excluding hydrogens is 396 g/mol. The summed E-state index contributed by atoms with van der Waals surface area (Å²) < 4.78 is 7.45. The third-order valence-corrected chi connectivity index (χ3v) is 6.38. The van der Waals surface area contributed by atoms with Crippen LogP contribution in [0, 0.1) is 19.8 Å². The fourth-order valence-corrected chi connectivity index (χ4v) is 4.50. The Hall–Kier alpha value is -2.27. The molecule has 0 unspecified atom stereocenters. The molecule has 2 heterocycles. The van der Waals surface area contributed by atoms with E-state index in [9.17, 15) is 0 Å². The van der Waals surface area contributed by atoms with E-state index in [1.807, 2.05) is 6.07 Å². The first kappa shape index (κ1) is 22.4. The molecule has 0 fully saturated rings. The zero-order valence-electron chi connectivity index (χ0n) is 18.7. The lowest BCUT2D eigenvalue weighted by atomic mass is 10.0. The van der Waals surface area contributed by atoms with Crippen molar-refractivity contribution < 1.29 is 4.74 Å². The summed E-state index contributed by atoms with van der Waals surface area (Å²) in [7, 11) is 1.71. The number of hydrogen-bond acceptors (Lipinski definition) is 4. The number of benzene rings is 1. The maximum Gasteiger partial charge on any atom is 0.165 e. The van der Waals surface area contributed by atoms with Gasteiger partial charge in [0.25, 0.3) is 0 Å². The van der Waals surface area contributed by atoms with Gasteiger partial charge in [0.1, 0.15) is 11.6 Å². The van der Waals surface area contributed by atoms with E-state index < -0.39 is 0 Å². The molecule has 162 valence electrons. The van der Waals surface area contributed by atoms with Gasteiger partial charge in [-0.1, -0.05) is 32.8 Å². The molecule has 4 rings (SSSR count). The molecule has 0 radical (unpaired) electrons. The molecule has 1 N–H and O–H groups in total. The summed E-state index contributed by atoms with van der Waals surface area (Å²) >= 11 is 0. The van der Waals surface area contributed by atoms with E-state index in [0.29, 0.717) is 5.92 Å². The van der Waals surface area contributed by atoms with Crippen LogP contribution in [0.5, 0.6) is 5.75 Å². The van der Waals surface area contributed by atoms with Gasteiger partial charge in [-0.05, 0) is 62.3 Å². The first-order chi connectivity index (χ1) is 14.1. The summed E-state index contributed by atoms with van der Waals surface area (Å²) in [6, 6.07) is 6.23. The van der Waals surface area contributed by atoms with Crippen molar-refractivity contribution in [1.29, 1.82) is 0 Å². The number of ether oxygens (including phenoxy) is 1. The van der Waals surface area contributed by atoms with Crippen molar-refractivity contribution in [1.82, 2.24) is 14.6 Å². The second kappa shape index (κ2) is 9.25. The van der Waals surface area contributed by atoms with Gasteiger partial charge in [-0.2, -0.15) is 9.61 Å². The van der Waals surface area contributed by atoms with Crippen LogP contribution in [-0.2, 0) is 12.8 Å². The summed E-state index contributed by atoms with van der Waals surface area (Å²) in [5.74, 6) is 2.70. The minimum atomic E-state index is 0. The minimum Gasteiger partial charge on any atom is -0.497 e. The van der Waals surface area contributed by atoms with Gasteiger partial charge in [-0.25, -0.2) is 4.98 Å². The Kier molecular flexibility index (Phi) is 6.91. The molecule has 1 aliphatic rings. The molecule has 2 aromatic heterocycles. The van der Waals surface area contributed by atoms with E-state index in [0.717, 1.165) is 47.9 Å². The number of anilines is 1. The highest BCUT2D eigenvalue weighted by Crippen LogP contribution is 2.36. The number of rotatable bonds is 7. The molecule has 0 atom stereocenters. The maximum atomic E-state index is 5.39. The van der Waals surface area contributed by atoms with Gasteiger partial charge in [-0.3, -0.25) is 0 Å². The van der Waals surface area contributed by atoms with Gasteiger partial charge >= 0.3 is 0 Å². The van der Waals surface area contributed by atoms with Gasteiger partial charge in [0.2, 0.25) is 0 Å². The van der Waals surface area contributed by atoms with Crippen molar-refractivity contribution in [3.63, 3.8) is 0 Å². The lowest BCUT2D eigenvalue weighted by Crippen LogP contribution is -2.17. The lowest BCUT2D eigenvalue weighted by molar-refractivity contribution is 0.414. The molecule has 0 amide bonds.